The number of amides is 1. The first-order valence-corrected chi connectivity index (χ1v) is 9.49. The third kappa shape index (κ3) is 4.83. The average molecular weight is 383 g/mol. The van der Waals surface area contributed by atoms with Gasteiger partial charge in [0.05, 0.1) is 17.4 Å². The number of anilines is 1. The molecule has 0 aliphatic heterocycles. The maximum absolute atomic E-state index is 12.4. The van der Waals surface area contributed by atoms with Gasteiger partial charge in [0.2, 0.25) is 0 Å². The van der Waals surface area contributed by atoms with E-state index in [0.29, 0.717) is 17.0 Å². The lowest BCUT2D eigenvalue weighted by atomic mass is 10.2. The van der Waals surface area contributed by atoms with Crippen LogP contribution in [0.15, 0.2) is 81.3 Å². The summed E-state index contributed by atoms with van der Waals surface area (Å²) >= 11 is 0. The standard InChI is InChI=1S/C19H17N3O4S/c1-14-4-10-18(11-5-14)27(24,25)22-16-8-6-15(7-9-16)19(23)21-20-13-17-3-2-12-26-17/h2-13,22H,1H3,(H,21,23)/b20-13-. The van der Waals surface area contributed by atoms with Crippen LogP contribution in [0.2, 0.25) is 0 Å². The van der Waals surface area contributed by atoms with Crippen molar-refractivity contribution in [2.75, 3.05) is 4.72 Å². The highest BCUT2D eigenvalue weighted by molar-refractivity contribution is 7.92. The lowest BCUT2D eigenvalue weighted by molar-refractivity contribution is 0.0955. The van der Waals surface area contributed by atoms with Gasteiger partial charge in [0.15, 0.2) is 0 Å². The quantitative estimate of drug-likeness (QED) is 0.504. The van der Waals surface area contributed by atoms with Gasteiger partial charge in [-0.3, -0.25) is 9.52 Å². The smallest absolute Gasteiger partial charge is 0.271 e. The molecule has 138 valence electrons. The van der Waals surface area contributed by atoms with Gasteiger partial charge in [-0.2, -0.15) is 5.10 Å². The fraction of sp³-hybridized carbons (Fsp3) is 0.0526. The van der Waals surface area contributed by atoms with Crippen LogP contribution in [0.1, 0.15) is 21.7 Å². The molecule has 0 unspecified atom stereocenters. The number of hydrogen-bond acceptors (Lipinski definition) is 5. The predicted octanol–water partition coefficient (Wildman–Crippen LogP) is 3.15. The predicted molar refractivity (Wildman–Crippen MR) is 102 cm³/mol. The Morgan fingerprint density at radius 2 is 1.74 bits per heavy atom. The molecule has 2 N–H and O–H groups in total. The molecule has 1 heterocycles. The zero-order valence-corrected chi connectivity index (χ0v) is 15.2. The van der Waals surface area contributed by atoms with Crippen LogP contribution in [0.4, 0.5) is 5.69 Å². The molecule has 7 nitrogen and oxygen atoms in total. The van der Waals surface area contributed by atoms with Crippen LogP contribution in [0, 0.1) is 6.92 Å². The Morgan fingerprint density at radius 1 is 1.04 bits per heavy atom. The third-order valence-corrected chi connectivity index (χ3v) is 5.03. The maximum Gasteiger partial charge on any atom is 0.271 e. The molecular weight excluding hydrogens is 366 g/mol. The average Bonchev–Trinajstić information content (AvgIpc) is 3.16. The van der Waals surface area contributed by atoms with Crippen LogP contribution < -0.4 is 10.1 Å². The molecule has 27 heavy (non-hydrogen) atoms. The number of nitrogens with zero attached hydrogens (tertiary/aromatic N) is 1. The van der Waals surface area contributed by atoms with Crippen LogP contribution in [0.3, 0.4) is 0 Å². The fourth-order valence-corrected chi connectivity index (χ4v) is 3.26. The number of aryl methyl sites for hydroxylation is 1. The van der Waals surface area contributed by atoms with Crippen molar-refractivity contribution in [3.8, 4) is 0 Å². The second kappa shape index (κ2) is 7.88. The number of sulfonamides is 1. The molecule has 8 heteroatoms. The first-order valence-electron chi connectivity index (χ1n) is 8.00. The van der Waals surface area contributed by atoms with E-state index < -0.39 is 15.9 Å². The van der Waals surface area contributed by atoms with Crippen molar-refractivity contribution in [2.45, 2.75) is 11.8 Å². The number of carbonyl (C=O) groups is 1. The lowest BCUT2D eigenvalue weighted by Crippen LogP contribution is -2.18. The Bertz CT molecular complexity index is 1040. The molecule has 0 saturated heterocycles. The SMILES string of the molecule is Cc1ccc(S(=O)(=O)Nc2ccc(C(=O)N/N=C\c3ccco3)cc2)cc1. The van der Waals surface area contributed by atoms with E-state index in [4.69, 9.17) is 4.42 Å². The second-order valence-electron chi connectivity index (χ2n) is 5.71. The van der Waals surface area contributed by atoms with E-state index >= 15 is 0 Å². The highest BCUT2D eigenvalue weighted by Gasteiger charge is 2.14. The van der Waals surface area contributed by atoms with Gasteiger partial charge in [-0.05, 0) is 55.5 Å². The van der Waals surface area contributed by atoms with E-state index in [0.717, 1.165) is 5.56 Å². The van der Waals surface area contributed by atoms with Crippen LogP contribution in [-0.2, 0) is 10.0 Å². The maximum atomic E-state index is 12.4. The summed E-state index contributed by atoms with van der Waals surface area (Å²) in [4.78, 5) is 12.2. The van der Waals surface area contributed by atoms with E-state index in [2.05, 4.69) is 15.2 Å². The van der Waals surface area contributed by atoms with Gasteiger partial charge in [0.25, 0.3) is 15.9 Å². The molecule has 0 radical (unpaired) electrons. The summed E-state index contributed by atoms with van der Waals surface area (Å²) in [5, 5.41) is 3.79. The van der Waals surface area contributed by atoms with E-state index in [1.807, 2.05) is 6.92 Å². The van der Waals surface area contributed by atoms with Crippen molar-refractivity contribution in [3.05, 3.63) is 83.8 Å². The first kappa shape index (κ1) is 18.4. The minimum atomic E-state index is -3.69. The lowest BCUT2D eigenvalue weighted by Gasteiger charge is -2.09. The summed E-state index contributed by atoms with van der Waals surface area (Å²) in [6.07, 6.45) is 2.88. The summed E-state index contributed by atoms with van der Waals surface area (Å²) in [5.74, 6) is 0.0851. The van der Waals surface area contributed by atoms with Crippen molar-refractivity contribution in [1.82, 2.24) is 5.43 Å². The van der Waals surface area contributed by atoms with Crippen LogP contribution >= 0.6 is 0 Å². The van der Waals surface area contributed by atoms with Crippen LogP contribution in [0.5, 0.6) is 0 Å². The zero-order chi connectivity index (χ0) is 19.3. The Labute approximate surface area is 156 Å². The number of nitrogens with one attached hydrogen (secondary N) is 2. The van der Waals surface area contributed by atoms with Crippen molar-refractivity contribution < 1.29 is 17.6 Å². The molecule has 0 fully saturated rings. The number of carbonyl (C=O) groups excluding carboxylic acids is 1. The number of hydrazone groups is 1. The van der Waals surface area contributed by atoms with Gasteiger partial charge in [-0.1, -0.05) is 17.7 Å². The van der Waals surface area contributed by atoms with Gasteiger partial charge in [-0.25, -0.2) is 13.8 Å². The van der Waals surface area contributed by atoms with Crippen molar-refractivity contribution in [1.29, 1.82) is 0 Å². The minimum absolute atomic E-state index is 0.169. The molecule has 3 aromatic rings. The van der Waals surface area contributed by atoms with Gasteiger partial charge in [0, 0.05) is 11.3 Å². The number of rotatable bonds is 6. The fourth-order valence-electron chi connectivity index (χ4n) is 2.20. The highest BCUT2D eigenvalue weighted by Crippen LogP contribution is 2.17. The summed E-state index contributed by atoms with van der Waals surface area (Å²) in [6, 6.07) is 16.0. The number of hydrogen-bond donors (Lipinski definition) is 2. The van der Waals surface area contributed by atoms with E-state index in [1.165, 1.54) is 48.9 Å². The molecule has 0 aliphatic rings. The molecule has 0 spiro atoms. The highest BCUT2D eigenvalue weighted by atomic mass is 32.2. The zero-order valence-electron chi connectivity index (χ0n) is 14.4. The molecule has 1 amide bonds. The van der Waals surface area contributed by atoms with Crippen molar-refractivity contribution in [3.63, 3.8) is 0 Å². The molecule has 0 saturated carbocycles. The van der Waals surface area contributed by atoms with Crippen LogP contribution in [-0.4, -0.2) is 20.5 Å². The molecular formula is C19H17N3O4S. The second-order valence-corrected chi connectivity index (χ2v) is 7.39. The normalized spacial score (nSPS) is 11.4. The van der Waals surface area contributed by atoms with Gasteiger partial charge >= 0.3 is 0 Å². The monoisotopic (exact) mass is 383 g/mol. The molecule has 0 aliphatic carbocycles. The minimum Gasteiger partial charge on any atom is -0.463 e. The van der Waals surface area contributed by atoms with Gasteiger partial charge in [0.1, 0.15) is 5.76 Å². The molecule has 2 aromatic carbocycles. The topological polar surface area (TPSA) is 101 Å². The van der Waals surface area contributed by atoms with Crippen LogP contribution in [0.25, 0.3) is 0 Å². The molecule has 0 atom stereocenters. The molecule has 1 aromatic heterocycles. The summed E-state index contributed by atoms with van der Waals surface area (Å²) in [6.45, 7) is 1.88. The van der Waals surface area contributed by atoms with E-state index in [-0.39, 0.29) is 4.90 Å². The Kier molecular flexibility index (Phi) is 5.37. The third-order valence-electron chi connectivity index (χ3n) is 3.63. The molecule has 0 bridgehead atoms. The Balaban J connectivity index is 1.64. The van der Waals surface area contributed by atoms with E-state index in [9.17, 15) is 13.2 Å². The molecule has 3 rings (SSSR count). The summed E-state index contributed by atoms with van der Waals surface area (Å²) < 4.78 is 32.3. The summed E-state index contributed by atoms with van der Waals surface area (Å²) in [5.41, 5.74) is 4.03. The van der Waals surface area contributed by atoms with E-state index in [1.54, 1.807) is 24.3 Å². The first-order chi connectivity index (χ1) is 12.9. The van der Waals surface area contributed by atoms with Crippen molar-refractivity contribution >= 4 is 27.8 Å². The number of furan rings is 1. The van der Waals surface area contributed by atoms with Crippen molar-refractivity contribution in [2.24, 2.45) is 5.10 Å². The Hall–Kier alpha value is -3.39. The van der Waals surface area contributed by atoms with Gasteiger partial charge in [-0.15, -0.1) is 0 Å². The largest absolute Gasteiger partial charge is 0.463 e. The van der Waals surface area contributed by atoms with Gasteiger partial charge < -0.3 is 4.42 Å². The number of benzene rings is 2. The summed E-state index contributed by atoms with van der Waals surface area (Å²) in [7, 11) is -3.69. The Morgan fingerprint density at radius 3 is 2.37 bits per heavy atom.